The zero-order valence-electron chi connectivity index (χ0n) is 9.81. The van der Waals surface area contributed by atoms with Crippen molar-refractivity contribution in [1.29, 1.82) is 0 Å². The summed E-state index contributed by atoms with van der Waals surface area (Å²) < 4.78 is 14.4. The van der Waals surface area contributed by atoms with E-state index in [0.717, 1.165) is 17.5 Å². The molecule has 0 amide bonds. The lowest BCUT2D eigenvalue weighted by Crippen LogP contribution is -2.08. The molecule has 0 heterocycles. The van der Waals surface area contributed by atoms with Gasteiger partial charge in [-0.25, -0.2) is 4.39 Å². The van der Waals surface area contributed by atoms with Crippen LogP contribution < -0.4 is 0 Å². The van der Waals surface area contributed by atoms with Gasteiger partial charge in [0.25, 0.3) is 0 Å². The van der Waals surface area contributed by atoms with Crippen LogP contribution in [0, 0.1) is 9.39 Å². The molecule has 0 aromatic heterocycles. The molecule has 94 valence electrons. The van der Waals surface area contributed by atoms with Crippen LogP contribution in [0.15, 0.2) is 48.5 Å². The highest BCUT2D eigenvalue weighted by Crippen LogP contribution is 2.21. The minimum Gasteiger partial charge on any atom is -0.396 e. The number of rotatable bonds is 4. The fourth-order valence-corrected chi connectivity index (χ4v) is 2.31. The number of aliphatic hydroxyl groups is 1. The van der Waals surface area contributed by atoms with Crippen molar-refractivity contribution >= 4 is 22.6 Å². The lowest BCUT2D eigenvalue weighted by Gasteiger charge is -2.15. The highest BCUT2D eigenvalue weighted by Gasteiger charge is 2.12. The first-order chi connectivity index (χ1) is 8.69. The van der Waals surface area contributed by atoms with Gasteiger partial charge in [-0.15, -0.1) is 0 Å². The second-order valence-corrected chi connectivity index (χ2v) is 5.51. The monoisotopic (exact) mass is 356 g/mol. The third kappa shape index (κ3) is 3.53. The molecule has 0 spiro atoms. The molecule has 2 rings (SSSR count). The fraction of sp³-hybridized carbons (Fsp3) is 0.200. The van der Waals surface area contributed by atoms with Gasteiger partial charge >= 0.3 is 0 Å². The largest absolute Gasteiger partial charge is 0.396 e. The van der Waals surface area contributed by atoms with E-state index in [1.165, 1.54) is 15.7 Å². The molecule has 0 saturated heterocycles. The van der Waals surface area contributed by atoms with Gasteiger partial charge in [-0.2, -0.15) is 0 Å². The van der Waals surface area contributed by atoms with Crippen LogP contribution in [0.3, 0.4) is 0 Å². The number of aliphatic hydroxyl groups excluding tert-OH is 1. The lowest BCUT2D eigenvalue weighted by molar-refractivity contribution is 0.264. The molecule has 0 fully saturated rings. The topological polar surface area (TPSA) is 20.2 Å². The summed E-state index contributed by atoms with van der Waals surface area (Å²) >= 11 is 2.26. The summed E-state index contributed by atoms with van der Waals surface area (Å²) in [6.45, 7) is 0.0233. The molecule has 0 bridgehead atoms. The second-order valence-electron chi connectivity index (χ2n) is 4.27. The van der Waals surface area contributed by atoms with E-state index in [0.29, 0.717) is 0 Å². The molecule has 1 unspecified atom stereocenters. The Morgan fingerprint density at radius 2 is 1.83 bits per heavy atom. The van der Waals surface area contributed by atoms with Crippen LogP contribution in [0.5, 0.6) is 0 Å². The second kappa shape index (κ2) is 6.29. The molecule has 0 aliphatic rings. The van der Waals surface area contributed by atoms with Gasteiger partial charge in [0, 0.05) is 9.49 Å². The van der Waals surface area contributed by atoms with Gasteiger partial charge in [0.1, 0.15) is 5.82 Å². The standard InChI is InChI=1S/C15H14FIO/c16-14-3-1-2-12(9-14)13(10-18)8-11-4-6-15(17)7-5-11/h1-7,9,13,18H,8,10H2. The molecule has 2 aromatic carbocycles. The SMILES string of the molecule is OCC(Cc1ccc(I)cc1)c1cccc(F)c1. The van der Waals surface area contributed by atoms with Gasteiger partial charge < -0.3 is 5.11 Å². The first-order valence-electron chi connectivity index (χ1n) is 5.80. The molecule has 1 atom stereocenters. The summed E-state index contributed by atoms with van der Waals surface area (Å²) in [6.07, 6.45) is 0.719. The molecule has 0 saturated carbocycles. The third-order valence-electron chi connectivity index (χ3n) is 2.94. The summed E-state index contributed by atoms with van der Waals surface area (Å²) in [5.74, 6) is -0.311. The van der Waals surface area contributed by atoms with E-state index in [1.54, 1.807) is 6.07 Å². The summed E-state index contributed by atoms with van der Waals surface area (Å²) in [7, 11) is 0. The third-order valence-corrected chi connectivity index (χ3v) is 3.65. The quantitative estimate of drug-likeness (QED) is 0.828. The first-order valence-corrected chi connectivity index (χ1v) is 6.87. The Labute approximate surface area is 120 Å². The van der Waals surface area contributed by atoms with Gasteiger partial charge in [0.15, 0.2) is 0 Å². The van der Waals surface area contributed by atoms with Crippen molar-refractivity contribution in [3.63, 3.8) is 0 Å². The van der Waals surface area contributed by atoms with Crippen molar-refractivity contribution in [2.24, 2.45) is 0 Å². The van der Waals surface area contributed by atoms with Crippen molar-refractivity contribution in [2.75, 3.05) is 6.61 Å². The number of halogens is 2. The molecular formula is C15H14FIO. The number of benzene rings is 2. The van der Waals surface area contributed by atoms with Crippen LogP contribution in [-0.4, -0.2) is 11.7 Å². The maximum Gasteiger partial charge on any atom is 0.123 e. The molecule has 2 aromatic rings. The predicted octanol–water partition coefficient (Wildman–Crippen LogP) is 3.75. The summed E-state index contributed by atoms with van der Waals surface area (Å²) in [4.78, 5) is 0. The van der Waals surface area contributed by atoms with E-state index >= 15 is 0 Å². The van der Waals surface area contributed by atoms with E-state index < -0.39 is 0 Å². The predicted molar refractivity (Wildman–Crippen MR) is 79.1 cm³/mol. The average molecular weight is 356 g/mol. The fourth-order valence-electron chi connectivity index (χ4n) is 1.95. The van der Waals surface area contributed by atoms with E-state index in [2.05, 4.69) is 22.6 Å². The Hall–Kier alpha value is -0.940. The zero-order chi connectivity index (χ0) is 13.0. The highest BCUT2D eigenvalue weighted by atomic mass is 127. The summed E-state index contributed by atoms with van der Waals surface area (Å²) in [6, 6.07) is 14.6. The van der Waals surface area contributed by atoms with Gasteiger partial charge in [0.05, 0.1) is 6.61 Å². The van der Waals surface area contributed by atoms with Crippen LogP contribution in [0.2, 0.25) is 0 Å². The van der Waals surface area contributed by atoms with Gasteiger partial charge in [-0.05, 0) is 64.4 Å². The molecule has 0 aliphatic carbocycles. The Morgan fingerprint density at radius 1 is 1.11 bits per heavy atom. The van der Waals surface area contributed by atoms with Crippen LogP contribution in [0.1, 0.15) is 17.0 Å². The maximum atomic E-state index is 13.2. The summed E-state index contributed by atoms with van der Waals surface area (Å²) in [5.41, 5.74) is 2.00. The Balaban J connectivity index is 2.17. The normalized spacial score (nSPS) is 12.4. The Bertz CT molecular complexity index is 510. The molecule has 18 heavy (non-hydrogen) atoms. The molecule has 1 N–H and O–H groups in total. The van der Waals surface area contributed by atoms with Crippen molar-refractivity contribution in [2.45, 2.75) is 12.3 Å². The Kier molecular flexibility index (Phi) is 4.72. The van der Waals surface area contributed by atoms with Crippen LogP contribution in [0.4, 0.5) is 4.39 Å². The zero-order valence-corrected chi connectivity index (χ0v) is 12.0. The average Bonchev–Trinajstić information content (AvgIpc) is 2.38. The maximum absolute atomic E-state index is 13.2. The molecular weight excluding hydrogens is 342 g/mol. The van der Waals surface area contributed by atoms with Crippen LogP contribution >= 0.6 is 22.6 Å². The van der Waals surface area contributed by atoms with Crippen molar-refractivity contribution in [1.82, 2.24) is 0 Å². The number of hydrogen-bond donors (Lipinski definition) is 1. The lowest BCUT2D eigenvalue weighted by atomic mass is 9.93. The molecule has 3 heteroatoms. The minimum absolute atomic E-state index is 0.0233. The number of hydrogen-bond acceptors (Lipinski definition) is 1. The minimum atomic E-state index is -0.256. The highest BCUT2D eigenvalue weighted by molar-refractivity contribution is 14.1. The van der Waals surface area contributed by atoms with E-state index in [1.807, 2.05) is 30.3 Å². The van der Waals surface area contributed by atoms with E-state index in [4.69, 9.17) is 0 Å². The van der Waals surface area contributed by atoms with Crippen molar-refractivity contribution in [3.05, 3.63) is 69.0 Å². The molecule has 1 nitrogen and oxygen atoms in total. The first kappa shape index (κ1) is 13.5. The molecule has 0 radical (unpaired) electrons. The van der Waals surface area contributed by atoms with E-state index in [-0.39, 0.29) is 18.3 Å². The van der Waals surface area contributed by atoms with Crippen LogP contribution in [-0.2, 0) is 6.42 Å². The van der Waals surface area contributed by atoms with Crippen LogP contribution in [0.25, 0.3) is 0 Å². The smallest absolute Gasteiger partial charge is 0.123 e. The van der Waals surface area contributed by atoms with Gasteiger partial charge in [-0.1, -0.05) is 24.3 Å². The van der Waals surface area contributed by atoms with Crippen molar-refractivity contribution < 1.29 is 9.50 Å². The van der Waals surface area contributed by atoms with Crippen molar-refractivity contribution in [3.8, 4) is 0 Å². The van der Waals surface area contributed by atoms with Gasteiger partial charge in [0.2, 0.25) is 0 Å². The van der Waals surface area contributed by atoms with E-state index in [9.17, 15) is 9.50 Å². The summed E-state index contributed by atoms with van der Waals surface area (Å²) in [5, 5.41) is 9.46. The molecule has 0 aliphatic heterocycles. The Morgan fingerprint density at radius 3 is 2.44 bits per heavy atom. The van der Waals surface area contributed by atoms with Gasteiger partial charge in [-0.3, -0.25) is 0 Å².